The Morgan fingerprint density at radius 1 is 1.14 bits per heavy atom. The summed E-state index contributed by atoms with van der Waals surface area (Å²) in [6.45, 7) is 7.88. The Morgan fingerprint density at radius 3 is 2.52 bits per heavy atom. The van der Waals surface area contributed by atoms with Gasteiger partial charge in [-0.15, -0.1) is 0 Å². The van der Waals surface area contributed by atoms with Crippen molar-refractivity contribution in [2.75, 3.05) is 43.9 Å². The van der Waals surface area contributed by atoms with E-state index in [4.69, 9.17) is 4.74 Å². The van der Waals surface area contributed by atoms with Crippen LogP contribution in [0.15, 0.2) is 0 Å². The summed E-state index contributed by atoms with van der Waals surface area (Å²) in [6.07, 6.45) is 3.95. The van der Waals surface area contributed by atoms with Gasteiger partial charge in [-0.05, 0) is 39.8 Å². The molecular formula is C14H26N6O. The van der Waals surface area contributed by atoms with Gasteiger partial charge in [0, 0.05) is 19.6 Å². The number of rotatable bonds is 7. The van der Waals surface area contributed by atoms with Crippen LogP contribution in [0.3, 0.4) is 0 Å². The number of ether oxygens (including phenoxy) is 1. The molecule has 0 aromatic carbocycles. The number of hydrogen-bond acceptors (Lipinski definition) is 7. The summed E-state index contributed by atoms with van der Waals surface area (Å²) in [7, 11) is 1.78. The highest BCUT2D eigenvalue weighted by molar-refractivity contribution is 5.35. The van der Waals surface area contributed by atoms with E-state index in [9.17, 15) is 0 Å². The first kappa shape index (κ1) is 15.8. The maximum absolute atomic E-state index is 5.36. The lowest BCUT2D eigenvalue weighted by Gasteiger charge is -2.32. The Balaban J connectivity index is 1.93. The molecular weight excluding hydrogens is 268 g/mol. The van der Waals surface area contributed by atoms with E-state index in [0.29, 0.717) is 30.6 Å². The first-order valence-corrected chi connectivity index (χ1v) is 7.77. The molecule has 2 heterocycles. The molecule has 2 N–H and O–H groups in total. The molecule has 0 spiro atoms. The van der Waals surface area contributed by atoms with Gasteiger partial charge in [-0.2, -0.15) is 15.0 Å². The highest BCUT2D eigenvalue weighted by Gasteiger charge is 2.17. The molecule has 1 aliphatic rings. The highest BCUT2D eigenvalue weighted by atomic mass is 16.5. The van der Waals surface area contributed by atoms with Crippen molar-refractivity contribution >= 4 is 11.9 Å². The highest BCUT2D eigenvalue weighted by Crippen LogP contribution is 2.14. The predicted octanol–water partition coefficient (Wildman–Crippen LogP) is 1.60. The average molecular weight is 294 g/mol. The molecule has 1 fully saturated rings. The third-order valence-corrected chi connectivity index (χ3v) is 3.68. The van der Waals surface area contributed by atoms with Crippen molar-refractivity contribution in [2.24, 2.45) is 0 Å². The summed E-state index contributed by atoms with van der Waals surface area (Å²) in [5.74, 6) is 1.07. The quantitative estimate of drug-likeness (QED) is 0.791. The fourth-order valence-electron chi connectivity index (χ4n) is 2.47. The van der Waals surface area contributed by atoms with E-state index in [1.165, 1.54) is 32.4 Å². The van der Waals surface area contributed by atoms with E-state index in [0.717, 1.165) is 6.54 Å². The smallest absolute Gasteiger partial charge is 0.323 e. The lowest BCUT2D eigenvalue weighted by Crippen LogP contribution is -2.41. The molecule has 0 saturated carbocycles. The van der Waals surface area contributed by atoms with Crippen LogP contribution < -0.4 is 15.4 Å². The summed E-state index contributed by atoms with van der Waals surface area (Å²) in [5.41, 5.74) is 0. The Bertz CT molecular complexity index is 435. The van der Waals surface area contributed by atoms with Gasteiger partial charge < -0.3 is 15.4 Å². The monoisotopic (exact) mass is 294 g/mol. The van der Waals surface area contributed by atoms with E-state index >= 15 is 0 Å². The molecule has 0 bridgehead atoms. The zero-order valence-corrected chi connectivity index (χ0v) is 13.2. The number of nitrogens with zero attached hydrogens (tertiary/aromatic N) is 4. The van der Waals surface area contributed by atoms with Crippen molar-refractivity contribution in [1.82, 2.24) is 19.9 Å². The number of hydrogen-bond donors (Lipinski definition) is 2. The lowest BCUT2D eigenvalue weighted by atomic mass is 10.1. The largest absolute Gasteiger partial charge is 0.464 e. The second-order valence-electron chi connectivity index (χ2n) is 5.27. The van der Waals surface area contributed by atoms with Gasteiger partial charge in [-0.1, -0.05) is 6.42 Å². The van der Waals surface area contributed by atoms with Crippen molar-refractivity contribution in [3.8, 4) is 6.01 Å². The Kier molecular flexibility index (Phi) is 5.98. The van der Waals surface area contributed by atoms with Crippen LogP contribution in [0.2, 0.25) is 0 Å². The number of anilines is 2. The van der Waals surface area contributed by atoms with Crippen molar-refractivity contribution in [3.05, 3.63) is 0 Å². The van der Waals surface area contributed by atoms with Crippen molar-refractivity contribution < 1.29 is 4.74 Å². The minimum Gasteiger partial charge on any atom is -0.464 e. The molecule has 0 amide bonds. The number of piperidine rings is 1. The zero-order valence-electron chi connectivity index (χ0n) is 13.2. The number of likely N-dealkylation sites (tertiary alicyclic amines) is 1. The van der Waals surface area contributed by atoms with Gasteiger partial charge in [-0.3, -0.25) is 4.90 Å². The van der Waals surface area contributed by atoms with Gasteiger partial charge in [0.2, 0.25) is 11.9 Å². The van der Waals surface area contributed by atoms with E-state index in [-0.39, 0.29) is 0 Å². The van der Waals surface area contributed by atoms with Gasteiger partial charge in [0.1, 0.15) is 0 Å². The molecule has 7 nitrogen and oxygen atoms in total. The molecule has 1 aliphatic heterocycles. The summed E-state index contributed by atoms with van der Waals surface area (Å²) >= 11 is 0. The Labute approximate surface area is 126 Å². The van der Waals surface area contributed by atoms with Gasteiger partial charge in [-0.25, -0.2) is 0 Å². The Morgan fingerprint density at radius 2 is 1.86 bits per heavy atom. The summed E-state index contributed by atoms with van der Waals surface area (Å²) in [6, 6.07) is 0.820. The van der Waals surface area contributed by atoms with E-state index in [2.05, 4.69) is 37.4 Å². The normalized spacial score (nSPS) is 17.3. The van der Waals surface area contributed by atoms with Crippen LogP contribution in [0.1, 0.15) is 33.1 Å². The standard InChI is InChI=1S/C14H26N6O/c1-4-21-14-18-12(15-3)17-13(19-14)16-10-11(2)20-8-6-5-7-9-20/h11H,4-10H2,1-3H3,(H2,15,16,17,18,19). The molecule has 7 heteroatoms. The first-order chi connectivity index (χ1) is 10.2. The van der Waals surface area contributed by atoms with Crippen molar-refractivity contribution in [1.29, 1.82) is 0 Å². The van der Waals surface area contributed by atoms with Gasteiger partial charge in [0.05, 0.1) is 6.61 Å². The SMILES string of the molecule is CCOc1nc(NC)nc(NCC(C)N2CCCCC2)n1. The maximum atomic E-state index is 5.36. The fraction of sp³-hybridized carbons (Fsp3) is 0.786. The molecule has 0 aliphatic carbocycles. The van der Waals surface area contributed by atoms with E-state index in [1.807, 2.05) is 6.92 Å². The van der Waals surface area contributed by atoms with Gasteiger partial charge in [0.15, 0.2) is 0 Å². The maximum Gasteiger partial charge on any atom is 0.323 e. The molecule has 1 aromatic rings. The van der Waals surface area contributed by atoms with Crippen LogP contribution in [0.5, 0.6) is 6.01 Å². The molecule has 0 radical (unpaired) electrons. The zero-order chi connectivity index (χ0) is 15.1. The summed E-state index contributed by atoms with van der Waals surface area (Å²) < 4.78 is 5.36. The van der Waals surface area contributed by atoms with Crippen molar-refractivity contribution in [3.63, 3.8) is 0 Å². The molecule has 118 valence electrons. The molecule has 2 rings (SSSR count). The minimum absolute atomic E-state index is 0.352. The van der Waals surface area contributed by atoms with E-state index in [1.54, 1.807) is 7.05 Å². The van der Waals surface area contributed by atoms with Gasteiger partial charge >= 0.3 is 6.01 Å². The van der Waals surface area contributed by atoms with Crippen molar-refractivity contribution in [2.45, 2.75) is 39.2 Å². The number of aromatic nitrogens is 3. The summed E-state index contributed by atoms with van der Waals surface area (Å²) in [4.78, 5) is 15.2. The average Bonchev–Trinajstić information content (AvgIpc) is 2.53. The van der Waals surface area contributed by atoms with Gasteiger partial charge in [0.25, 0.3) is 0 Å². The minimum atomic E-state index is 0.352. The van der Waals surface area contributed by atoms with Crippen LogP contribution in [-0.4, -0.2) is 59.2 Å². The third kappa shape index (κ3) is 4.70. The second-order valence-corrected chi connectivity index (χ2v) is 5.27. The van der Waals surface area contributed by atoms with Crippen LogP contribution in [0.25, 0.3) is 0 Å². The second kappa shape index (κ2) is 7.97. The molecule has 1 aromatic heterocycles. The predicted molar refractivity (Wildman–Crippen MR) is 83.9 cm³/mol. The fourth-order valence-corrected chi connectivity index (χ4v) is 2.47. The van der Waals surface area contributed by atoms with Crippen LogP contribution >= 0.6 is 0 Å². The topological polar surface area (TPSA) is 75.2 Å². The third-order valence-electron chi connectivity index (χ3n) is 3.68. The van der Waals surface area contributed by atoms with Crippen LogP contribution in [0, 0.1) is 0 Å². The Hall–Kier alpha value is -1.63. The van der Waals surface area contributed by atoms with Crippen LogP contribution in [-0.2, 0) is 0 Å². The summed E-state index contributed by atoms with van der Waals surface area (Å²) in [5, 5.41) is 6.22. The number of nitrogens with one attached hydrogen (secondary N) is 2. The molecule has 21 heavy (non-hydrogen) atoms. The molecule has 1 unspecified atom stereocenters. The first-order valence-electron chi connectivity index (χ1n) is 7.77. The van der Waals surface area contributed by atoms with Crippen LogP contribution in [0.4, 0.5) is 11.9 Å². The lowest BCUT2D eigenvalue weighted by molar-refractivity contribution is 0.180. The van der Waals surface area contributed by atoms with E-state index < -0.39 is 0 Å². The molecule has 1 saturated heterocycles. The molecule has 1 atom stereocenters.